The molecule has 0 spiro atoms. The number of aryl methyl sites for hydroxylation is 1. The molecule has 0 fully saturated rings. The Morgan fingerprint density at radius 1 is 0.677 bits per heavy atom. The number of pyridine rings is 2. The maximum atomic E-state index is 4.99. The first-order chi connectivity index (χ1) is 29.5. The minimum atomic E-state index is -1.66. The van der Waals surface area contributed by atoms with Gasteiger partial charge in [0.15, 0.2) is 24.1 Å². The van der Waals surface area contributed by atoms with Gasteiger partial charge in [0, 0.05) is 55.0 Å². The Kier molecular flexibility index (Phi) is 11.1. The number of thiophene rings is 1. The average molecular weight is 853 g/mol. The van der Waals surface area contributed by atoms with Crippen LogP contribution in [0.15, 0.2) is 110 Å². The zero-order valence-electron chi connectivity index (χ0n) is 39.5. The van der Waals surface area contributed by atoms with Crippen LogP contribution in [-0.4, -0.2) is 8.07 Å². The standard InChI is InChI=1S/C58H68N2SSi/c1-34(2)39(10)40-25-26-59-38(9)27-52-47(45-17-14-15-18-46(45)54-32-49(37(7)8)57(33-60(52)54)62(11,12)13)23-21-41-29-56-51(31-50(41)53(59)28-40)48-24-22-42(30-55(48)61-56)58-43(35(3)4)19-16-20-44(58)36(5)6/h14-20,22,24-26,28-37,39,47,52H,9,21,23,27H2,1-8,10-13H3/q+2. The molecule has 4 heteroatoms. The molecule has 318 valence electrons. The summed E-state index contributed by atoms with van der Waals surface area (Å²) in [5.74, 6) is 2.71. The Balaban J connectivity index is 1.26. The molecule has 62 heavy (non-hydrogen) atoms. The van der Waals surface area contributed by atoms with Crippen LogP contribution in [0.25, 0.3) is 59.5 Å². The first-order valence-corrected chi connectivity index (χ1v) is 27.9. The molecule has 2 aliphatic rings. The van der Waals surface area contributed by atoms with E-state index in [1.54, 1.807) is 5.19 Å². The van der Waals surface area contributed by atoms with Gasteiger partial charge in [0.1, 0.15) is 0 Å². The third-order valence-electron chi connectivity index (χ3n) is 14.7. The summed E-state index contributed by atoms with van der Waals surface area (Å²) in [7, 11) is -1.66. The van der Waals surface area contributed by atoms with Crippen LogP contribution < -0.4 is 14.3 Å². The van der Waals surface area contributed by atoms with Gasteiger partial charge < -0.3 is 0 Å². The number of rotatable bonds is 7. The van der Waals surface area contributed by atoms with Crippen molar-refractivity contribution in [2.45, 2.75) is 137 Å². The van der Waals surface area contributed by atoms with Crippen LogP contribution in [0.2, 0.25) is 19.6 Å². The molecule has 3 unspecified atom stereocenters. The zero-order valence-corrected chi connectivity index (χ0v) is 41.3. The highest BCUT2D eigenvalue weighted by molar-refractivity contribution is 7.25. The third-order valence-corrected chi connectivity index (χ3v) is 17.8. The quantitative estimate of drug-likeness (QED) is 0.111. The van der Waals surface area contributed by atoms with Crippen molar-refractivity contribution in [1.29, 1.82) is 0 Å². The molecule has 0 amide bonds. The van der Waals surface area contributed by atoms with Crippen LogP contribution in [-0.2, 0) is 6.42 Å². The van der Waals surface area contributed by atoms with Crippen molar-refractivity contribution < 1.29 is 9.13 Å². The number of hydrogen-bond donors (Lipinski definition) is 0. The molecular weight excluding hydrogens is 785 g/mol. The number of fused-ring (bicyclic) bond motifs is 12. The van der Waals surface area contributed by atoms with Gasteiger partial charge in [-0.25, -0.2) is 0 Å². The second-order valence-corrected chi connectivity index (χ2v) is 27.2. The molecule has 2 aliphatic heterocycles. The van der Waals surface area contributed by atoms with Gasteiger partial charge in [0.05, 0.1) is 20.1 Å². The Bertz CT molecular complexity index is 2860. The van der Waals surface area contributed by atoms with Crippen molar-refractivity contribution in [3.63, 3.8) is 0 Å². The zero-order chi connectivity index (χ0) is 43.9. The smallest absolute Gasteiger partial charge is 0.194 e. The fourth-order valence-electron chi connectivity index (χ4n) is 10.9. The molecule has 7 aromatic rings. The van der Waals surface area contributed by atoms with Gasteiger partial charge >= 0.3 is 0 Å². The van der Waals surface area contributed by atoms with E-state index < -0.39 is 8.07 Å². The van der Waals surface area contributed by atoms with E-state index in [0.29, 0.717) is 35.5 Å². The molecule has 3 aromatic heterocycles. The number of aromatic nitrogens is 2. The maximum absolute atomic E-state index is 4.99. The van der Waals surface area contributed by atoms with E-state index in [0.717, 1.165) is 25.0 Å². The second-order valence-electron chi connectivity index (χ2n) is 21.1. The minimum Gasteiger partial charge on any atom is -0.194 e. The topological polar surface area (TPSA) is 7.76 Å². The number of benzene rings is 4. The third kappa shape index (κ3) is 7.33. The average Bonchev–Trinajstić information content (AvgIpc) is 3.60. The van der Waals surface area contributed by atoms with E-state index >= 15 is 0 Å². The van der Waals surface area contributed by atoms with Crippen molar-refractivity contribution >= 4 is 50.5 Å². The van der Waals surface area contributed by atoms with E-state index in [9.17, 15) is 0 Å². The van der Waals surface area contributed by atoms with Crippen LogP contribution in [0.1, 0.15) is 144 Å². The van der Waals surface area contributed by atoms with E-state index in [1.165, 1.54) is 87.2 Å². The predicted octanol–water partition coefficient (Wildman–Crippen LogP) is 15.5. The predicted molar refractivity (Wildman–Crippen MR) is 271 cm³/mol. The normalized spacial score (nSPS) is 17.1. The second kappa shape index (κ2) is 16.2. The molecule has 4 aromatic carbocycles. The summed E-state index contributed by atoms with van der Waals surface area (Å²) in [6, 6.07) is 36.4. The highest BCUT2D eigenvalue weighted by Gasteiger charge is 2.44. The molecule has 0 radical (unpaired) electrons. The molecule has 0 bridgehead atoms. The Morgan fingerprint density at radius 3 is 2.05 bits per heavy atom. The molecule has 5 heterocycles. The molecule has 0 saturated heterocycles. The molecule has 2 nitrogen and oxygen atoms in total. The summed E-state index contributed by atoms with van der Waals surface area (Å²) in [6.07, 6.45) is 7.93. The Hall–Kier alpha value is -4.64. The highest BCUT2D eigenvalue weighted by atomic mass is 32.1. The van der Waals surface area contributed by atoms with Crippen LogP contribution >= 0.6 is 11.3 Å². The Labute approximate surface area is 377 Å². The first-order valence-electron chi connectivity index (χ1n) is 23.6. The molecule has 3 atom stereocenters. The summed E-state index contributed by atoms with van der Waals surface area (Å²) < 4.78 is 7.93. The van der Waals surface area contributed by atoms with Crippen LogP contribution in [0.4, 0.5) is 0 Å². The SMILES string of the molecule is C=C1CC2C(CCc3cc4sc5cc(-c6c(C(C)C)cccc6C(C)C)ccc5c4cc3-c3cc(C(C)C(C)C)cc[n+]31)c1ccccc1-c1cc(C(C)C)c([Si](C)(C)C)c[n+]12. The van der Waals surface area contributed by atoms with E-state index in [2.05, 4.69) is 194 Å². The summed E-state index contributed by atoms with van der Waals surface area (Å²) in [4.78, 5) is 0. The van der Waals surface area contributed by atoms with E-state index in [4.69, 9.17) is 6.58 Å². The number of nitrogens with zero attached hydrogens (tertiary/aromatic N) is 2. The van der Waals surface area contributed by atoms with Gasteiger partial charge in [0.2, 0.25) is 11.4 Å². The molecule has 9 rings (SSSR count). The fourth-order valence-corrected chi connectivity index (χ4v) is 13.8. The number of hydrogen-bond acceptors (Lipinski definition) is 1. The van der Waals surface area contributed by atoms with Gasteiger partial charge in [0.25, 0.3) is 0 Å². The number of allylic oxidation sites excluding steroid dienone is 1. The van der Waals surface area contributed by atoms with Gasteiger partial charge in [-0.15, -0.1) is 11.3 Å². The summed E-state index contributed by atoms with van der Waals surface area (Å²) in [5.41, 5.74) is 18.1. The lowest BCUT2D eigenvalue weighted by atomic mass is 9.77. The van der Waals surface area contributed by atoms with Crippen molar-refractivity contribution in [3.8, 4) is 33.6 Å². The Morgan fingerprint density at radius 2 is 1.37 bits per heavy atom. The van der Waals surface area contributed by atoms with Crippen LogP contribution in [0.3, 0.4) is 0 Å². The van der Waals surface area contributed by atoms with Crippen molar-refractivity contribution in [3.05, 3.63) is 143 Å². The van der Waals surface area contributed by atoms with Crippen LogP contribution in [0, 0.1) is 5.92 Å². The lowest BCUT2D eigenvalue weighted by molar-refractivity contribution is -0.719. The molecule has 0 saturated carbocycles. The minimum absolute atomic E-state index is 0.260. The molecule has 0 N–H and O–H groups in total. The largest absolute Gasteiger partial charge is 0.218 e. The van der Waals surface area contributed by atoms with Gasteiger partial charge in [-0.1, -0.05) is 130 Å². The van der Waals surface area contributed by atoms with Crippen LogP contribution in [0.5, 0.6) is 0 Å². The monoisotopic (exact) mass is 852 g/mol. The van der Waals surface area contributed by atoms with Crippen molar-refractivity contribution in [1.82, 2.24) is 0 Å². The highest BCUT2D eigenvalue weighted by Crippen LogP contribution is 2.47. The van der Waals surface area contributed by atoms with Gasteiger partial charge in [-0.2, -0.15) is 9.13 Å². The van der Waals surface area contributed by atoms with Gasteiger partial charge in [-0.3, -0.25) is 0 Å². The lowest BCUT2D eigenvalue weighted by Gasteiger charge is -2.33. The molecular formula is C58H68N2SSi+2. The maximum Gasteiger partial charge on any atom is 0.218 e. The summed E-state index contributed by atoms with van der Waals surface area (Å²) >= 11 is 1.97. The summed E-state index contributed by atoms with van der Waals surface area (Å²) in [6.45, 7) is 33.7. The van der Waals surface area contributed by atoms with Gasteiger partial charge in [-0.05, 0) is 118 Å². The van der Waals surface area contributed by atoms with E-state index in [1.807, 2.05) is 11.3 Å². The lowest BCUT2D eigenvalue weighted by Crippen LogP contribution is -2.54. The van der Waals surface area contributed by atoms with E-state index in [-0.39, 0.29) is 6.04 Å². The summed E-state index contributed by atoms with van der Waals surface area (Å²) in [5, 5.41) is 4.30. The van der Waals surface area contributed by atoms with Crippen molar-refractivity contribution in [2.75, 3.05) is 0 Å². The fraction of sp³-hybridized carbons (Fsp3) is 0.379. The van der Waals surface area contributed by atoms with Crippen molar-refractivity contribution in [2.24, 2.45) is 5.92 Å². The molecule has 0 aliphatic carbocycles. The first kappa shape index (κ1) is 42.6.